The van der Waals surface area contributed by atoms with Crippen molar-refractivity contribution in [3.63, 3.8) is 0 Å². The Bertz CT molecular complexity index is 784. The minimum Gasteiger partial charge on any atom is -0.497 e. The van der Waals surface area contributed by atoms with Crippen molar-refractivity contribution in [2.24, 2.45) is 0 Å². The molecule has 148 valence electrons. The summed E-state index contributed by atoms with van der Waals surface area (Å²) in [6.45, 7) is 2.61. The van der Waals surface area contributed by atoms with Crippen molar-refractivity contribution in [1.29, 1.82) is 0 Å². The second kappa shape index (κ2) is 9.64. The molecule has 2 aromatic rings. The molecule has 0 bridgehead atoms. The van der Waals surface area contributed by atoms with E-state index >= 15 is 0 Å². The third-order valence-electron chi connectivity index (χ3n) is 4.52. The van der Waals surface area contributed by atoms with Crippen molar-refractivity contribution in [2.45, 2.75) is 12.8 Å². The summed E-state index contributed by atoms with van der Waals surface area (Å²) in [5.41, 5.74) is 1.73. The maximum Gasteiger partial charge on any atom is 0.313 e. The van der Waals surface area contributed by atoms with Gasteiger partial charge in [-0.3, -0.25) is 9.59 Å². The molecular weight excluding hydrogens is 358 g/mol. The molecule has 2 N–H and O–H groups in total. The number of ether oxygens (including phenoxy) is 2. The highest BCUT2D eigenvalue weighted by Crippen LogP contribution is 2.22. The Labute approximate surface area is 164 Å². The van der Waals surface area contributed by atoms with E-state index in [4.69, 9.17) is 9.47 Å². The highest BCUT2D eigenvalue weighted by atomic mass is 16.5. The first-order valence-corrected chi connectivity index (χ1v) is 9.37. The average Bonchev–Trinajstić information content (AvgIpc) is 3.27. The Morgan fingerprint density at radius 1 is 0.929 bits per heavy atom. The molecule has 0 saturated carbocycles. The summed E-state index contributed by atoms with van der Waals surface area (Å²) in [6, 6.07) is 14.7. The molecule has 2 aromatic carbocycles. The van der Waals surface area contributed by atoms with Gasteiger partial charge in [0.1, 0.15) is 18.1 Å². The number of hydrogen-bond donors (Lipinski definition) is 2. The summed E-state index contributed by atoms with van der Waals surface area (Å²) in [5, 5.41) is 5.15. The Balaban J connectivity index is 1.38. The van der Waals surface area contributed by atoms with Crippen LogP contribution in [0.25, 0.3) is 0 Å². The van der Waals surface area contributed by atoms with Gasteiger partial charge in [0.05, 0.1) is 13.7 Å². The summed E-state index contributed by atoms with van der Waals surface area (Å²) in [4.78, 5) is 26.2. The predicted octanol–water partition coefficient (Wildman–Crippen LogP) is 2.43. The van der Waals surface area contributed by atoms with Crippen LogP contribution in [-0.4, -0.2) is 45.2 Å². The number of amides is 2. The van der Waals surface area contributed by atoms with Crippen molar-refractivity contribution in [1.82, 2.24) is 5.32 Å². The number of carbonyl (C=O) groups excluding carboxylic acids is 2. The van der Waals surface area contributed by atoms with Gasteiger partial charge in [-0.2, -0.15) is 0 Å². The zero-order chi connectivity index (χ0) is 19.8. The summed E-state index contributed by atoms with van der Waals surface area (Å²) in [6.07, 6.45) is 2.42. The third kappa shape index (κ3) is 5.39. The van der Waals surface area contributed by atoms with E-state index in [0.29, 0.717) is 11.4 Å². The Hall–Kier alpha value is -3.22. The van der Waals surface area contributed by atoms with Crippen LogP contribution in [0, 0.1) is 0 Å². The van der Waals surface area contributed by atoms with Gasteiger partial charge in [-0.25, -0.2) is 0 Å². The lowest BCUT2D eigenvalue weighted by Crippen LogP contribution is -2.37. The molecular formula is C21H25N3O4. The van der Waals surface area contributed by atoms with E-state index < -0.39 is 11.8 Å². The second-order valence-corrected chi connectivity index (χ2v) is 6.48. The third-order valence-corrected chi connectivity index (χ3v) is 4.52. The molecule has 1 heterocycles. The summed E-state index contributed by atoms with van der Waals surface area (Å²) >= 11 is 0. The van der Waals surface area contributed by atoms with Crippen LogP contribution in [0.15, 0.2) is 48.5 Å². The number of benzene rings is 2. The van der Waals surface area contributed by atoms with E-state index in [-0.39, 0.29) is 13.2 Å². The first-order chi connectivity index (χ1) is 13.7. The maximum atomic E-state index is 12.0. The van der Waals surface area contributed by atoms with Gasteiger partial charge in [0.15, 0.2) is 0 Å². The topological polar surface area (TPSA) is 79.9 Å². The number of nitrogens with zero attached hydrogens (tertiary/aromatic N) is 1. The fourth-order valence-electron chi connectivity index (χ4n) is 3.00. The standard InChI is InChI=1S/C21H25N3O4/c1-27-18-8-10-19(11-9-18)28-15-12-22-20(25)21(26)23-16-4-6-17(7-5-16)24-13-2-3-14-24/h4-11H,2-3,12-15H2,1H3,(H,22,25)(H,23,26). The molecule has 7 nitrogen and oxygen atoms in total. The maximum absolute atomic E-state index is 12.0. The minimum atomic E-state index is -0.696. The van der Waals surface area contributed by atoms with Crippen LogP contribution in [0.1, 0.15) is 12.8 Å². The van der Waals surface area contributed by atoms with E-state index in [1.807, 2.05) is 24.3 Å². The monoisotopic (exact) mass is 383 g/mol. The first-order valence-electron chi connectivity index (χ1n) is 9.37. The molecule has 0 unspecified atom stereocenters. The molecule has 28 heavy (non-hydrogen) atoms. The van der Waals surface area contributed by atoms with Gasteiger partial charge < -0.3 is 25.0 Å². The lowest BCUT2D eigenvalue weighted by molar-refractivity contribution is -0.136. The zero-order valence-corrected chi connectivity index (χ0v) is 15.9. The normalized spacial score (nSPS) is 13.1. The van der Waals surface area contributed by atoms with E-state index in [0.717, 1.165) is 24.5 Å². The highest BCUT2D eigenvalue weighted by Gasteiger charge is 2.15. The van der Waals surface area contributed by atoms with Gasteiger partial charge in [0.2, 0.25) is 0 Å². The van der Waals surface area contributed by atoms with E-state index in [1.54, 1.807) is 31.4 Å². The minimum absolute atomic E-state index is 0.228. The van der Waals surface area contributed by atoms with Crippen LogP contribution in [-0.2, 0) is 9.59 Å². The van der Waals surface area contributed by atoms with Crippen LogP contribution in [0.4, 0.5) is 11.4 Å². The predicted molar refractivity (Wildman–Crippen MR) is 108 cm³/mol. The fourth-order valence-corrected chi connectivity index (χ4v) is 3.00. The zero-order valence-electron chi connectivity index (χ0n) is 15.9. The first kappa shape index (κ1) is 19.5. The molecule has 2 amide bonds. The van der Waals surface area contributed by atoms with Crippen molar-refractivity contribution in [3.05, 3.63) is 48.5 Å². The van der Waals surface area contributed by atoms with Crippen LogP contribution < -0.4 is 25.0 Å². The quantitative estimate of drug-likeness (QED) is 0.567. The molecule has 0 aliphatic carbocycles. The van der Waals surface area contributed by atoms with Crippen molar-refractivity contribution in [3.8, 4) is 11.5 Å². The molecule has 1 aliphatic rings. The largest absolute Gasteiger partial charge is 0.497 e. The molecule has 1 fully saturated rings. The summed E-state index contributed by atoms with van der Waals surface area (Å²) in [7, 11) is 1.60. The molecule has 1 aliphatic heterocycles. The number of anilines is 2. The Morgan fingerprint density at radius 2 is 1.57 bits per heavy atom. The number of methoxy groups -OCH3 is 1. The van der Waals surface area contributed by atoms with Crippen molar-refractivity contribution in [2.75, 3.05) is 43.6 Å². The number of hydrogen-bond acceptors (Lipinski definition) is 5. The smallest absolute Gasteiger partial charge is 0.313 e. The van der Waals surface area contributed by atoms with E-state index in [9.17, 15) is 9.59 Å². The Morgan fingerprint density at radius 3 is 2.21 bits per heavy atom. The van der Waals surface area contributed by atoms with Gasteiger partial charge in [-0.15, -0.1) is 0 Å². The molecule has 3 rings (SSSR count). The number of nitrogens with one attached hydrogen (secondary N) is 2. The Kier molecular flexibility index (Phi) is 6.73. The van der Waals surface area contributed by atoms with E-state index in [2.05, 4.69) is 15.5 Å². The van der Waals surface area contributed by atoms with E-state index in [1.165, 1.54) is 12.8 Å². The second-order valence-electron chi connectivity index (χ2n) is 6.48. The summed E-state index contributed by atoms with van der Waals surface area (Å²) in [5.74, 6) is 0.0173. The summed E-state index contributed by atoms with van der Waals surface area (Å²) < 4.78 is 10.6. The number of carbonyl (C=O) groups is 2. The molecule has 1 saturated heterocycles. The van der Waals surface area contributed by atoms with Crippen molar-refractivity contribution < 1.29 is 19.1 Å². The molecule has 0 atom stereocenters. The SMILES string of the molecule is COc1ccc(OCCNC(=O)C(=O)Nc2ccc(N3CCCC3)cc2)cc1. The molecule has 0 spiro atoms. The lowest BCUT2D eigenvalue weighted by Gasteiger charge is -2.17. The van der Waals surface area contributed by atoms with Crippen molar-refractivity contribution >= 4 is 23.2 Å². The van der Waals surface area contributed by atoms with Gasteiger partial charge in [-0.05, 0) is 61.4 Å². The van der Waals surface area contributed by atoms with Crippen LogP contribution in [0.3, 0.4) is 0 Å². The molecule has 0 radical (unpaired) electrons. The molecule has 0 aromatic heterocycles. The van der Waals surface area contributed by atoms with Crippen LogP contribution in [0.2, 0.25) is 0 Å². The fraction of sp³-hybridized carbons (Fsp3) is 0.333. The van der Waals surface area contributed by atoms with Gasteiger partial charge >= 0.3 is 11.8 Å². The van der Waals surface area contributed by atoms with Gasteiger partial charge in [0, 0.05) is 24.5 Å². The number of rotatable bonds is 7. The van der Waals surface area contributed by atoms with Crippen LogP contribution in [0.5, 0.6) is 11.5 Å². The lowest BCUT2D eigenvalue weighted by atomic mass is 10.2. The van der Waals surface area contributed by atoms with Crippen LogP contribution >= 0.6 is 0 Å². The molecule has 7 heteroatoms. The van der Waals surface area contributed by atoms with Gasteiger partial charge in [-0.1, -0.05) is 0 Å². The highest BCUT2D eigenvalue weighted by molar-refractivity contribution is 6.39. The average molecular weight is 383 g/mol. The van der Waals surface area contributed by atoms with Gasteiger partial charge in [0.25, 0.3) is 0 Å².